The average molecular weight is 324 g/mol. The molecule has 2 fully saturated rings. The van der Waals surface area contributed by atoms with Crippen LogP contribution < -0.4 is 10.6 Å². The first-order valence-corrected chi connectivity index (χ1v) is 9.00. The predicted octanol–water partition coefficient (Wildman–Crippen LogP) is 1.27. The number of nitrogens with zero attached hydrogens (tertiary/aromatic N) is 2. The average Bonchev–Trinajstić information content (AvgIpc) is 2.53. The van der Waals surface area contributed by atoms with Crippen LogP contribution in [0.25, 0.3) is 0 Å². The third-order valence-corrected chi connectivity index (χ3v) is 4.75. The van der Waals surface area contributed by atoms with E-state index in [1.54, 1.807) is 0 Å². The second kappa shape index (κ2) is 8.52. The van der Waals surface area contributed by atoms with Crippen molar-refractivity contribution in [3.63, 3.8) is 0 Å². The fourth-order valence-corrected chi connectivity index (χ4v) is 3.40. The van der Waals surface area contributed by atoms with Gasteiger partial charge in [0.15, 0.2) is 0 Å². The molecule has 2 atom stereocenters. The van der Waals surface area contributed by atoms with Gasteiger partial charge in [-0.25, -0.2) is 4.79 Å². The van der Waals surface area contributed by atoms with Crippen molar-refractivity contribution >= 4 is 11.9 Å². The Morgan fingerprint density at radius 1 is 1.30 bits per heavy atom. The van der Waals surface area contributed by atoms with E-state index < -0.39 is 0 Å². The maximum atomic E-state index is 12.5. The Morgan fingerprint density at radius 2 is 2.09 bits per heavy atom. The number of amides is 3. The Balaban J connectivity index is 1.81. The lowest BCUT2D eigenvalue weighted by atomic mass is 9.94. The fourth-order valence-electron chi connectivity index (χ4n) is 3.40. The van der Waals surface area contributed by atoms with E-state index in [-0.39, 0.29) is 18.0 Å². The van der Waals surface area contributed by atoms with E-state index in [1.165, 1.54) is 0 Å². The van der Waals surface area contributed by atoms with Crippen LogP contribution in [0.3, 0.4) is 0 Å². The van der Waals surface area contributed by atoms with Gasteiger partial charge in [0.2, 0.25) is 5.91 Å². The molecule has 0 radical (unpaired) electrons. The minimum Gasteiger partial charge on any atom is -0.338 e. The summed E-state index contributed by atoms with van der Waals surface area (Å²) in [7, 11) is 0. The van der Waals surface area contributed by atoms with Gasteiger partial charge in [0, 0.05) is 51.7 Å². The molecule has 0 bridgehead atoms. The van der Waals surface area contributed by atoms with E-state index in [4.69, 9.17) is 0 Å². The molecule has 23 heavy (non-hydrogen) atoms. The van der Waals surface area contributed by atoms with Crippen LogP contribution in [0.15, 0.2) is 0 Å². The summed E-state index contributed by atoms with van der Waals surface area (Å²) < 4.78 is 0. The van der Waals surface area contributed by atoms with Gasteiger partial charge >= 0.3 is 6.03 Å². The summed E-state index contributed by atoms with van der Waals surface area (Å²) in [5.74, 6) is 0.992. The molecule has 0 spiro atoms. The molecular weight excluding hydrogens is 292 g/mol. The first kappa shape index (κ1) is 18.0. The highest BCUT2D eigenvalue weighted by Gasteiger charge is 2.29. The molecule has 132 valence electrons. The van der Waals surface area contributed by atoms with Gasteiger partial charge in [-0.15, -0.1) is 0 Å². The van der Waals surface area contributed by atoms with E-state index in [2.05, 4.69) is 31.4 Å². The van der Waals surface area contributed by atoms with Gasteiger partial charge in [-0.2, -0.15) is 0 Å². The van der Waals surface area contributed by atoms with Crippen LogP contribution in [0.1, 0.15) is 40.0 Å². The predicted molar refractivity (Wildman–Crippen MR) is 91.2 cm³/mol. The minimum atomic E-state index is 0.0198. The molecule has 2 aliphatic heterocycles. The molecule has 2 N–H and O–H groups in total. The Kier molecular flexibility index (Phi) is 6.69. The maximum absolute atomic E-state index is 12.5. The number of carbonyl (C=O) groups is 2. The van der Waals surface area contributed by atoms with Crippen molar-refractivity contribution in [3.8, 4) is 0 Å². The van der Waals surface area contributed by atoms with Crippen molar-refractivity contribution < 1.29 is 9.59 Å². The van der Waals surface area contributed by atoms with Gasteiger partial charge in [0.05, 0.1) is 0 Å². The molecule has 0 aromatic carbocycles. The molecule has 2 saturated heterocycles. The summed E-state index contributed by atoms with van der Waals surface area (Å²) >= 11 is 0. The van der Waals surface area contributed by atoms with Gasteiger partial charge in [-0.3, -0.25) is 4.79 Å². The van der Waals surface area contributed by atoms with Gasteiger partial charge < -0.3 is 20.4 Å². The molecule has 0 aliphatic carbocycles. The third kappa shape index (κ3) is 5.37. The van der Waals surface area contributed by atoms with Gasteiger partial charge in [-0.05, 0) is 31.6 Å². The standard InChI is InChI=1S/C17H32N4O2/c1-13(2)10-19-17(23)20-7-4-5-15(12-20)9-16(22)21-8-6-18-11-14(21)3/h13-15,18H,4-12H2,1-3H3,(H,19,23)/t14-,15?/m0/s1. The van der Waals surface area contributed by atoms with Crippen LogP contribution in [0, 0.1) is 11.8 Å². The normalized spacial score (nSPS) is 25.6. The number of piperidine rings is 1. The van der Waals surface area contributed by atoms with Crippen molar-refractivity contribution in [2.24, 2.45) is 11.8 Å². The first-order valence-electron chi connectivity index (χ1n) is 9.00. The summed E-state index contributed by atoms with van der Waals surface area (Å²) in [6.45, 7) is 11.0. The van der Waals surface area contributed by atoms with Crippen LogP contribution in [0.2, 0.25) is 0 Å². The van der Waals surface area contributed by atoms with Crippen molar-refractivity contribution in [2.45, 2.75) is 46.1 Å². The first-order chi connectivity index (χ1) is 11.0. The molecule has 2 heterocycles. The highest BCUT2D eigenvalue weighted by atomic mass is 16.2. The van der Waals surface area contributed by atoms with Crippen molar-refractivity contribution in [1.82, 2.24) is 20.4 Å². The van der Waals surface area contributed by atoms with Gasteiger partial charge in [0.1, 0.15) is 0 Å². The molecule has 2 rings (SSSR count). The number of rotatable bonds is 4. The van der Waals surface area contributed by atoms with Crippen molar-refractivity contribution in [1.29, 1.82) is 0 Å². The second-order valence-corrected chi connectivity index (χ2v) is 7.38. The van der Waals surface area contributed by atoms with Crippen LogP contribution in [0.5, 0.6) is 0 Å². The smallest absolute Gasteiger partial charge is 0.317 e. The molecule has 6 heteroatoms. The number of carbonyl (C=O) groups excluding carboxylic acids is 2. The quantitative estimate of drug-likeness (QED) is 0.819. The zero-order valence-corrected chi connectivity index (χ0v) is 14.8. The van der Waals surface area contributed by atoms with Crippen LogP contribution in [-0.4, -0.2) is 67.0 Å². The summed E-state index contributed by atoms with van der Waals surface area (Å²) in [6, 6.07) is 0.289. The number of urea groups is 1. The minimum absolute atomic E-state index is 0.0198. The topological polar surface area (TPSA) is 64.7 Å². The van der Waals surface area contributed by atoms with E-state index in [1.807, 2.05) is 9.80 Å². The van der Waals surface area contributed by atoms with E-state index in [0.717, 1.165) is 39.0 Å². The van der Waals surface area contributed by atoms with Crippen molar-refractivity contribution in [2.75, 3.05) is 39.3 Å². The van der Waals surface area contributed by atoms with Gasteiger partial charge in [0.25, 0.3) is 0 Å². The Bertz CT molecular complexity index is 413. The van der Waals surface area contributed by atoms with E-state index in [0.29, 0.717) is 31.3 Å². The molecule has 0 aromatic rings. The molecule has 2 aliphatic rings. The van der Waals surface area contributed by atoms with Gasteiger partial charge in [-0.1, -0.05) is 13.8 Å². The fraction of sp³-hybridized carbons (Fsp3) is 0.882. The highest BCUT2D eigenvalue weighted by Crippen LogP contribution is 2.21. The number of piperazine rings is 1. The summed E-state index contributed by atoms with van der Waals surface area (Å²) in [5.41, 5.74) is 0. The Hall–Kier alpha value is -1.30. The zero-order valence-electron chi connectivity index (χ0n) is 14.8. The maximum Gasteiger partial charge on any atom is 0.317 e. The number of hydrogen-bond donors (Lipinski definition) is 2. The zero-order chi connectivity index (χ0) is 16.8. The number of likely N-dealkylation sites (tertiary alicyclic amines) is 1. The van der Waals surface area contributed by atoms with Crippen LogP contribution in [-0.2, 0) is 4.79 Å². The lowest BCUT2D eigenvalue weighted by molar-refractivity contribution is -0.135. The van der Waals surface area contributed by atoms with Crippen LogP contribution in [0.4, 0.5) is 4.79 Å². The second-order valence-electron chi connectivity index (χ2n) is 7.38. The Labute approximate surface area is 140 Å². The summed E-state index contributed by atoms with van der Waals surface area (Å²) in [5, 5.41) is 6.29. The summed E-state index contributed by atoms with van der Waals surface area (Å²) in [4.78, 5) is 28.6. The molecule has 6 nitrogen and oxygen atoms in total. The third-order valence-electron chi connectivity index (χ3n) is 4.75. The van der Waals surface area contributed by atoms with E-state index >= 15 is 0 Å². The number of hydrogen-bond acceptors (Lipinski definition) is 3. The SMILES string of the molecule is CC(C)CNC(=O)N1CCCC(CC(=O)N2CCNC[C@@H]2C)C1. The van der Waals surface area contributed by atoms with E-state index in [9.17, 15) is 9.59 Å². The summed E-state index contributed by atoms with van der Waals surface area (Å²) in [6.07, 6.45) is 2.60. The van der Waals surface area contributed by atoms with Crippen molar-refractivity contribution in [3.05, 3.63) is 0 Å². The molecule has 0 aromatic heterocycles. The molecule has 0 saturated carbocycles. The lowest BCUT2D eigenvalue weighted by Crippen LogP contribution is -2.53. The monoisotopic (exact) mass is 324 g/mol. The Morgan fingerprint density at radius 3 is 2.78 bits per heavy atom. The number of nitrogens with one attached hydrogen (secondary N) is 2. The molecular formula is C17H32N4O2. The molecule has 1 unspecified atom stereocenters. The highest BCUT2D eigenvalue weighted by molar-refractivity contribution is 5.77. The molecule has 3 amide bonds. The largest absolute Gasteiger partial charge is 0.338 e. The van der Waals surface area contributed by atoms with Crippen LogP contribution >= 0.6 is 0 Å². The lowest BCUT2D eigenvalue weighted by Gasteiger charge is -2.37.